The zero-order valence-electron chi connectivity index (χ0n) is 16.4. The minimum absolute atomic E-state index is 0.0962. The third-order valence-electron chi connectivity index (χ3n) is 4.78. The van der Waals surface area contributed by atoms with Crippen LogP contribution in [0.3, 0.4) is 0 Å². The summed E-state index contributed by atoms with van der Waals surface area (Å²) in [7, 11) is 1.55. The summed E-state index contributed by atoms with van der Waals surface area (Å²) >= 11 is 0. The van der Waals surface area contributed by atoms with Gasteiger partial charge < -0.3 is 25.2 Å². The maximum atomic E-state index is 11.8. The topological polar surface area (TPSA) is 106 Å². The summed E-state index contributed by atoms with van der Waals surface area (Å²) in [6, 6.07) is 6.90. The van der Waals surface area contributed by atoms with Crippen LogP contribution in [0.1, 0.15) is 25.3 Å². The van der Waals surface area contributed by atoms with Gasteiger partial charge >= 0.3 is 5.97 Å². The van der Waals surface area contributed by atoms with E-state index in [-0.39, 0.29) is 23.8 Å². The van der Waals surface area contributed by atoms with E-state index >= 15 is 0 Å². The number of methoxy groups -OCH3 is 1. The molecule has 8 heteroatoms. The first-order valence-electron chi connectivity index (χ1n) is 9.40. The number of rotatable bonds is 6. The van der Waals surface area contributed by atoms with Crippen LogP contribution in [-0.4, -0.2) is 53.6 Å². The molecule has 0 unspecified atom stereocenters. The number of carbonyl (C=O) groups is 1. The molecule has 150 valence electrons. The first kappa shape index (κ1) is 19.9. The number of aromatic nitrogens is 2. The van der Waals surface area contributed by atoms with Gasteiger partial charge in [-0.05, 0) is 50.5 Å². The molecule has 0 amide bonds. The van der Waals surface area contributed by atoms with Gasteiger partial charge in [0.25, 0.3) is 0 Å². The number of hydrogen-bond acceptors (Lipinski definition) is 8. The maximum absolute atomic E-state index is 11.8. The van der Waals surface area contributed by atoms with Gasteiger partial charge in [0.05, 0.1) is 19.4 Å². The van der Waals surface area contributed by atoms with Crippen molar-refractivity contribution in [3.8, 4) is 22.8 Å². The zero-order valence-corrected chi connectivity index (χ0v) is 16.4. The molecule has 1 aliphatic rings. The maximum Gasteiger partial charge on any atom is 0.323 e. The van der Waals surface area contributed by atoms with Crippen LogP contribution in [0.2, 0.25) is 0 Å². The monoisotopic (exact) mass is 386 g/mol. The summed E-state index contributed by atoms with van der Waals surface area (Å²) < 4.78 is 10.2. The molecule has 1 saturated heterocycles. The molecule has 1 aliphatic heterocycles. The number of aryl methyl sites for hydroxylation is 1. The number of ether oxygens (including phenoxy) is 2. The van der Waals surface area contributed by atoms with Crippen LogP contribution in [0.4, 0.5) is 5.82 Å². The lowest BCUT2D eigenvalue weighted by atomic mass is 10.0. The second kappa shape index (κ2) is 8.88. The summed E-state index contributed by atoms with van der Waals surface area (Å²) in [4.78, 5) is 11.8. The molecule has 1 fully saturated rings. The highest BCUT2D eigenvalue weighted by molar-refractivity contribution is 5.76. The lowest BCUT2D eigenvalue weighted by Crippen LogP contribution is -2.49. The number of benzene rings is 1. The molecule has 3 rings (SSSR count). The smallest absolute Gasteiger partial charge is 0.323 e. The van der Waals surface area contributed by atoms with Gasteiger partial charge in [-0.3, -0.25) is 4.79 Å². The van der Waals surface area contributed by atoms with Crippen molar-refractivity contribution in [2.45, 2.75) is 38.8 Å². The quantitative estimate of drug-likeness (QED) is 0.649. The number of hydrogen-bond donors (Lipinski definition) is 3. The average molecular weight is 386 g/mol. The molecule has 2 heterocycles. The largest absolute Gasteiger partial charge is 0.507 e. The summed E-state index contributed by atoms with van der Waals surface area (Å²) in [6.07, 6.45) is 1.54. The Morgan fingerprint density at radius 1 is 1.32 bits per heavy atom. The number of phenolic OH excluding ortho intramolecular Hbond substituents is 1. The Labute approximate surface area is 164 Å². The molecule has 0 radical (unpaired) electrons. The minimum Gasteiger partial charge on any atom is -0.507 e. The highest BCUT2D eigenvalue weighted by atomic mass is 16.5. The molecular weight excluding hydrogens is 360 g/mol. The first-order chi connectivity index (χ1) is 13.5. The molecule has 8 nitrogen and oxygen atoms in total. The Morgan fingerprint density at radius 3 is 2.75 bits per heavy atom. The van der Waals surface area contributed by atoms with Gasteiger partial charge in [0.2, 0.25) is 0 Å². The molecule has 28 heavy (non-hydrogen) atoms. The number of phenols is 1. The molecular formula is C20H26N4O4. The van der Waals surface area contributed by atoms with E-state index in [1.165, 1.54) is 0 Å². The second-order valence-corrected chi connectivity index (χ2v) is 6.78. The van der Waals surface area contributed by atoms with Crippen molar-refractivity contribution >= 4 is 11.8 Å². The highest BCUT2D eigenvalue weighted by Crippen LogP contribution is 2.33. The molecule has 1 aromatic heterocycles. The first-order valence-corrected chi connectivity index (χ1v) is 9.40. The van der Waals surface area contributed by atoms with Gasteiger partial charge in [0.1, 0.15) is 23.4 Å². The number of esters is 1. The van der Waals surface area contributed by atoms with E-state index in [4.69, 9.17) is 9.47 Å². The highest BCUT2D eigenvalue weighted by Gasteiger charge is 2.26. The lowest BCUT2D eigenvalue weighted by Gasteiger charge is -2.29. The van der Waals surface area contributed by atoms with E-state index < -0.39 is 0 Å². The number of piperidine rings is 1. The number of aromatic hydroxyl groups is 1. The number of anilines is 1. The van der Waals surface area contributed by atoms with E-state index in [1.54, 1.807) is 32.2 Å². The van der Waals surface area contributed by atoms with Crippen molar-refractivity contribution < 1.29 is 19.4 Å². The molecule has 0 aliphatic carbocycles. The van der Waals surface area contributed by atoms with Gasteiger partial charge in [-0.2, -0.15) is 0 Å². The van der Waals surface area contributed by atoms with E-state index in [0.29, 0.717) is 42.4 Å². The summed E-state index contributed by atoms with van der Waals surface area (Å²) in [5, 5.41) is 25.3. The summed E-state index contributed by atoms with van der Waals surface area (Å²) in [5.41, 5.74) is 2.12. The van der Waals surface area contributed by atoms with Crippen molar-refractivity contribution in [1.29, 1.82) is 0 Å². The number of nitrogens with one attached hydrogen (secondary N) is 2. The Morgan fingerprint density at radius 2 is 2.14 bits per heavy atom. The van der Waals surface area contributed by atoms with Crippen molar-refractivity contribution in [1.82, 2.24) is 15.5 Å². The fraction of sp³-hybridized carbons (Fsp3) is 0.450. The Balaban J connectivity index is 1.65. The Kier molecular flexibility index (Phi) is 6.30. The second-order valence-electron chi connectivity index (χ2n) is 6.78. The van der Waals surface area contributed by atoms with Gasteiger partial charge in [-0.1, -0.05) is 0 Å². The predicted molar refractivity (Wildman–Crippen MR) is 105 cm³/mol. The van der Waals surface area contributed by atoms with Crippen LogP contribution < -0.4 is 15.4 Å². The van der Waals surface area contributed by atoms with Crippen LogP contribution in [-0.2, 0) is 9.53 Å². The molecule has 0 bridgehead atoms. The summed E-state index contributed by atoms with van der Waals surface area (Å²) in [6.45, 7) is 4.77. The van der Waals surface area contributed by atoms with Crippen LogP contribution in [0.25, 0.3) is 11.3 Å². The van der Waals surface area contributed by atoms with E-state index in [9.17, 15) is 9.90 Å². The Hall–Kier alpha value is -2.87. The third-order valence-corrected chi connectivity index (χ3v) is 4.78. The molecule has 1 aromatic carbocycles. The van der Waals surface area contributed by atoms with Crippen LogP contribution in [0.15, 0.2) is 24.3 Å². The molecule has 0 saturated carbocycles. The SMILES string of the molecule is CCOC(=O)[C@@H]1CC[C@@H](Nc2cc(C)c(-c3ccc(OC)cc3O)nn2)CN1. The van der Waals surface area contributed by atoms with Gasteiger partial charge in [-0.25, -0.2) is 0 Å². The van der Waals surface area contributed by atoms with Gasteiger partial charge in [0.15, 0.2) is 0 Å². The van der Waals surface area contributed by atoms with E-state index in [1.807, 2.05) is 13.0 Å². The molecule has 2 aromatic rings. The predicted octanol–water partition coefficient (Wildman–Crippen LogP) is 2.26. The molecule has 2 atom stereocenters. The fourth-order valence-corrected chi connectivity index (χ4v) is 3.29. The Bertz CT molecular complexity index is 835. The average Bonchev–Trinajstić information content (AvgIpc) is 2.69. The lowest BCUT2D eigenvalue weighted by molar-refractivity contribution is -0.146. The van der Waals surface area contributed by atoms with Crippen LogP contribution >= 0.6 is 0 Å². The molecule has 0 spiro atoms. The van der Waals surface area contributed by atoms with E-state index in [2.05, 4.69) is 20.8 Å². The van der Waals surface area contributed by atoms with Crippen molar-refractivity contribution in [3.63, 3.8) is 0 Å². The van der Waals surface area contributed by atoms with E-state index in [0.717, 1.165) is 12.0 Å². The van der Waals surface area contributed by atoms with Crippen molar-refractivity contribution in [2.24, 2.45) is 0 Å². The fourth-order valence-electron chi connectivity index (χ4n) is 3.29. The molecule has 3 N–H and O–H groups in total. The standard InChI is InChI=1S/C20H26N4O4/c1-4-28-20(26)16-8-5-13(11-21-16)22-18-9-12(2)19(24-23-18)15-7-6-14(27-3)10-17(15)25/h6-7,9-10,13,16,21,25H,4-5,8,11H2,1-3H3,(H,22,23)/t13-,16+/m1/s1. The van der Waals surface area contributed by atoms with Crippen molar-refractivity contribution in [3.05, 3.63) is 29.8 Å². The van der Waals surface area contributed by atoms with Gasteiger partial charge in [0, 0.05) is 24.2 Å². The summed E-state index contributed by atoms with van der Waals surface area (Å²) in [5.74, 6) is 1.14. The van der Waals surface area contributed by atoms with Crippen LogP contribution in [0.5, 0.6) is 11.5 Å². The van der Waals surface area contributed by atoms with Gasteiger partial charge in [-0.15, -0.1) is 10.2 Å². The van der Waals surface area contributed by atoms with Crippen LogP contribution in [0, 0.1) is 6.92 Å². The normalized spacial score (nSPS) is 19.1. The number of carbonyl (C=O) groups excluding carboxylic acids is 1. The zero-order chi connectivity index (χ0) is 20.1. The minimum atomic E-state index is -0.244. The number of nitrogens with zero attached hydrogens (tertiary/aromatic N) is 2. The van der Waals surface area contributed by atoms with Crippen molar-refractivity contribution in [2.75, 3.05) is 25.6 Å². The third kappa shape index (κ3) is 4.51.